The van der Waals surface area contributed by atoms with Crippen LogP contribution in [0.1, 0.15) is 47.0 Å². The highest BCUT2D eigenvalue weighted by Gasteiger charge is 2.33. The number of methoxy groups -OCH3 is 1. The fourth-order valence-corrected chi connectivity index (χ4v) is 5.41. The SMILES string of the molecule is COCCn1nnnc1C(c1cc2cc(C)cc(C)c2[nH]c1=O)N(Cc1ccc(Cl)cc1)CC1CCCO1. The molecular formula is C28H33ClN6O3. The molecule has 0 spiro atoms. The number of halogens is 1. The molecule has 0 bridgehead atoms. The fourth-order valence-electron chi connectivity index (χ4n) is 5.29. The van der Waals surface area contributed by atoms with Crippen molar-refractivity contribution in [2.24, 2.45) is 0 Å². The Balaban J connectivity index is 1.67. The third-order valence-electron chi connectivity index (χ3n) is 7.05. The van der Waals surface area contributed by atoms with Crippen molar-refractivity contribution in [3.8, 4) is 0 Å². The lowest BCUT2D eigenvalue weighted by molar-refractivity contribution is 0.0569. The minimum atomic E-state index is -0.518. The summed E-state index contributed by atoms with van der Waals surface area (Å²) in [6.45, 7) is 6.90. The highest BCUT2D eigenvalue weighted by atomic mass is 35.5. The lowest BCUT2D eigenvalue weighted by Crippen LogP contribution is -2.39. The van der Waals surface area contributed by atoms with Gasteiger partial charge in [0, 0.05) is 37.4 Å². The van der Waals surface area contributed by atoms with E-state index in [9.17, 15) is 4.79 Å². The largest absolute Gasteiger partial charge is 0.383 e. The second-order valence-corrected chi connectivity index (χ2v) is 10.4. The molecule has 0 aliphatic carbocycles. The average molecular weight is 537 g/mol. The number of aryl methyl sites for hydroxylation is 2. The number of H-pyrrole nitrogens is 1. The number of hydrogen-bond donors (Lipinski definition) is 1. The van der Waals surface area contributed by atoms with Gasteiger partial charge >= 0.3 is 0 Å². The van der Waals surface area contributed by atoms with Crippen LogP contribution in [-0.4, -0.2) is 63.1 Å². The predicted octanol–water partition coefficient (Wildman–Crippen LogP) is 4.20. The third-order valence-corrected chi connectivity index (χ3v) is 7.31. The first-order valence-electron chi connectivity index (χ1n) is 12.9. The lowest BCUT2D eigenvalue weighted by atomic mass is 9.99. The van der Waals surface area contributed by atoms with Crippen molar-refractivity contribution in [1.29, 1.82) is 0 Å². The van der Waals surface area contributed by atoms with Crippen LogP contribution in [0.15, 0.2) is 47.3 Å². The zero-order chi connectivity index (χ0) is 26.6. The minimum absolute atomic E-state index is 0.0529. The molecule has 1 N–H and O–H groups in total. The minimum Gasteiger partial charge on any atom is -0.383 e. The van der Waals surface area contributed by atoms with E-state index in [2.05, 4.69) is 44.5 Å². The average Bonchev–Trinajstić information content (AvgIpc) is 3.57. The number of fused-ring (bicyclic) bond motifs is 1. The first-order chi connectivity index (χ1) is 18.4. The Kier molecular flexibility index (Phi) is 8.18. The van der Waals surface area contributed by atoms with Gasteiger partial charge in [0.25, 0.3) is 5.56 Å². The molecule has 0 amide bonds. The predicted molar refractivity (Wildman–Crippen MR) is 146 cm³/mol. The van der Waals surface area contributed by atoms with Gasteiger partial charge < -0.3 is 14.5 Å². The number of benzene rings is 2. The number of aromatic amines is 1. The van der Waals surface area contributed by atoms with Gasteiger partial charge in [0.05, 0.1) is 24.8 Å². The third kappa shape index (κ3) is 5.81. The summed E-state index contributed by atoms with van der Waals surface area (Å²) < 4.78 is 13.1. The maximum absolute atomic E-state index is 13.7. The van der Waals surface area contributed by atoms with Crippen LogP contribution in [0.4, 0.5) is 0 Å². The Bertz CT molecular complexity index is 1450. The van der Waals surface area contributed by atoms with E-state index < -0.39 is 6.04 Å². The number of hydrogen-bond acceptors (Lipinski definition) is 7. The van der Waals surface area contributed by atoms with E-state index >= 15 is 0 Å². The Morgan fingerprint density at radius 2 is 2.05 bits per heavy atom. The molecule has 2 atom stereocenters. The van der Waals surface area contributed by atoms with E-state index in [0.29, 0.717) is 42.7 Å². The van der Waals surface area contributed by atoms with Gasteiger partial charge in [0.1, 0.15) is 6.04 Å². The number of pyridine rings is 1. The van der Waals surface area contributed by atoms with Gasteiger partial charge in [0.2, 0.25) is 0 Å². The summed E-state index contributed by atoms with van der Waals surface area (Å²) in [7, 11) is 1.64. The van der Waals surface area contributed by atoms with Crippen molar-refractivity contribution in [2.75, 3.05) is 26.9 Å². The molecule has 3 heterocycles. The Hall–Kier alpha value is -3.11. The Labute approximate surface area is 226 Å². The van der Waals surface area contributed by atoms with E-state index in [1.165, 1.54) is 0 Å². The van der Waals surface area contributed by atoms with Gasteiger partial charge in [-0.2, -0.15) is 0 Å². The molecule has 1 saturated heterocycles. The van der Waals surface area contributed by atoms with Gasteiger partial charge in [-0.1, -0.05) is 35.4 Å². The molecule has 4 aromatic rings. The van der Waals surface area contributed by atoms with Gasteiger partial charge in [-0.05, 0) is 77.9 Å². The Morgan fingerprint density at radius 3 is 2.79 bits per heavy atom. The van der Waals surface area contributed by atoms with E-state index in [0.717, 1.165) is 47.0 Å². The van der Waals surface area contributed by atoms with Gasteiger partial charge in [-0.3, -0.25) is 9.69 Å². The van der Waals surface area contributed by atoms with Crippen LogP contribution in [0.2, 0.25) is 5.02 Å². The zero-order valence-electron chi connectivity index (χ0n) is 22.0. The summed E-state index contributed by atoms with van der Waals surface area (Å²) in [4.78, 5) is 19.1. The molecule has 2 aromatic carbocycles. The molecule has 5 rings (SSSR count). The van der Waals surface area contributed by atoms with Crippen molar-refractivity contribution in [3.63, 3.8) is 0 Å². The van der Waals surface area contributed by atoms with Crippen molar-refractivity contribution in [2.45, 2.75) is 51.9 Å². The molecule has 38 heavy (non-hydrogen) atoms. The van der Waals surface area contributed by atoms with Crippen LogP contribution in [0.5, 0.6) is 0 Å². The molecule has 0 saturated carbocycles. The molecule has 1 aliphatic heterocycles. The molecule has 1 fully saturated rings. The second kappa shape index (κ2) is 11.7. The van der Waals surface area contributed by atoms with Crippen LogP contribution in [0, 0.1) is 13.8 Å². The molecule has 2 aromatic heterocycles. The summed E-state index contributed by atoms with van der Waals surface area (Å²) in [6.07, 6.45) is 2.03. The number of aromatic nitrogens is 5. The number of rotatable bonds is 10. The quantitative estimate of drug-likeness (QED) is 0.324. The first kappa shape index (κ1) is 26.5. The van der Waals surface area contributed by atoms with E-state index in [1.807, 2.05) is 37.3 Å². The van der Waals surface area contributed by atoms with Gasteiger partial charge in [-0.25, -0.2) is 4.68 Å². The zero-order valence-corrected chi connectivity index (χ0v) is 22.7. The van der Waals surface area contributed by atoms with Crippen LogP contribution in [-0.2, 0) is 22.6 Å². The molecule has 200 valence electrons. The van der Waals surface area contributed by atoms with Crippen molar-refractivity contribution >= 4 is 22.5 Å². The molecule has 1 aliphatic rings. The molecular weight excluding hydrogens is 504 g/mol. The van der Waals surface area contributed by atoms with Gasteiger partial charge in [-0.15, -0.1) is 5.10 Å². The number of tetrazole rings is 1. The summed E-state index contributed by atoms with van der Waals surface area (Å²) >= 11 is 6.18. The van der Waals surface area contributed by atoms with Crippen LogP contribution in [0.25, 0.3) is 10.9 Å². The normalized spacial score (nSPS) is 16.5. The molecule has 0 radical (unpaired) electrons. The molecule has 2 unspecified atom stereocenters. The number of ether oxygens (including phenoxy) is 2. The molecule has 9 nitrogen and oxygen atoms in total. The van der Waals surface area contributed by atoms with Crippen molar-refractivity contribution in [3.05, 3.63) is 85.9 Å². The fraction of sp³-hybridized carbons (Fsp3) is 0.429. The van der Waals surface area contributed by atoms with Crippen LogP contribution < -0.4 is 5.56 Å². The smallest absolute Gasteiger partial charge is 0.253 e. The van der Waals surface area contributed by atoms with Crippen molar-refractivity contribution in [1.82, 2.24) is 30.1 Å². The first-order valence-corrected chi connectivity index (χ1v) is 13.3. The maximum atomic E-state index is 13.7. The number of nitrogens with zero attached hydrogens (tertiary/aromatic N) is 5. The topological polar surface area (TPSA) is 98.2 Å². The number of nitrogens with one attached hydrogen (secondary N) is 1. The van der Waals surface area contributed by atoms with Crippen molar-refractivity contribution < 1.29 is 9.47 Å². The second-order valence-electron chi connectivity index (χ2n) is 9.95. The van der Waals surface area contributed by atoms with Crippen LogP contribution in [0.3, 0.4) is 0 Å². The standard InChI is InChI=1S/C28H33ClN6O3/c1-18-13-19(2)25-21(14-18)15-24(28(36)30-25)26(27-31-32-33-35(27)10-12-37-3)34(17-23-5-4-11-38-23)16-20-6-8-22(29)9-7-20/h6-9,13-15,23,26H,4-5,10-12,16-17H2,1-3H3,(H,30,36). The van der Waals surface area contributed by atoms with Gasteiger partial charge in [0.15, 0.2) is 5.82 Å². The monoisotopic (exact) mass is 536 g/mol. The summed E-state index contributed by atoms with van der Waals surface area (Å²) in [5.41, 5.74) is 4.49. The summed E-state index contributed by atoms with van der Waals surface area (Å²) in [5, 5.41) is 14.3. The maximum Gasteiger partial charge on any atom is 0.253 e. The van der Waals surface area contributed by atoms with Crippen LogP contribution >= 0.6 is 11.6 Å². The van der Waals surface area contributed by atoms with E-state index in [4.69, 9.17) is 21.1 Å². The Morgan fingerprint density at radius 1 is 1.24 bits per heavy atom. The summed E-state index contributed by atoms with van der Waals surface area (Å²) in [5.74, 6) is 0.586. The molecule has 10 heteroatoms. The summed E-state index contributed by atoms with van der Waals surface area (Å²) in [6, 6.07) is 13.4. The van der Waals surface area contributed by atoms with E-state index in [-0.39, 0.29) is 11.7 Å². The lowest BCUT2D eigenvalue weighted by Gasteiger charge is -2.32. The highest BCUT2D eigenvalue weighted by molar-refractivity contribution is 6.30. The highest BCUT2D eigenvalue weighted by Crippen LogP contribution is 2.31. The van der Waals surface area contributed by atoms with E-state index in [1.54, 1.807) is 11.8 Å².